The molecule has 2 atom stereocenters. The summed E-state index contributed by atoms with van der Waals surface area (Å²) >= 11 is -2.98. The fourth-order valence-corrected chi connectivity index (χ4v) is 35.4. The summed E-state index contributed by atoms with van der Waals surface area (Å²) in [5.41, 5.74) is 2.86. The minimum atomic E-state index is -3.25. The molecule has 0 radical (unpaired) electrons. The Labute approximate surface area is 128 Å². The SMILES string of the molecule is CC1=CC=[As][C]1(C)[Zr]([Cl])([Cl])[C]1(C)[As]=CC=C1C. The van der Waals surface area contributed by atoms with E-state index in [0.29, 0.717) is 0 Å². The van der Waals surface area contributed by atoms with E-state index in [4.69, 9.17) is 17.0 Å². The van der Waals surface area contributed by atoms with Gasteiger partial charge in [0.25, 0.3) is 0 Å². The number of hydrogen-bond acceptors (Lipinski definition) is 0. The average molecular weight is 472 g/mol. The summed E-state index contributed by atoms with van der Waals surface area (Å²) < 4.78 is 0.317. The van der Waals surface area contributed by atoms with Crippen molar-refractivity contribution in [3.05, 3.63) is 23.3 Å². The monoisotopic (exact) mass is 470 g/mol. The van der Waals surface area contributed by atoms with Gasteiger partial charge in [0.15, 0.2) is 0 Å². The number of halogens is 2. The van der Waals surface area contributed by atoms with Crippen molar-refractivity contribution in [3.63, 3.8) is 0 Å². The molecule has 92 valence electrons. The summed E-state index contributed by atoms with van der Waals surface area (Å²) in [6.07, 6.45) is 4.52. The first-order chi connectivity index (χ1) is 7.76. The molecule has 17 heavy (non-hydrogen) atoms. The standard InChI is InChI=1S/2C6H8As.2ClH.Zr/c2*1-5-3-4-7-6(5)2;;;/h2*3-4H,1-2H3;2*1H;/q;;;;+2/p-2. The Morgan fingerprint density at radius 3 is 1.53 bits per heavy atom. The van der Waals surface area contributed by atoms with Gasteiger partial charge in [-0.2, -0.15) is 0 Å². The van der Waals surface area contributed by atoms with Gasteiger partial charge < -0.3 is 0 Å². The number of rotatable bonds is 2. The molecular formula is C12H16As2Cl2Zr. The van der Waals surface area contributed by atoms with Crippen molar-refractivity contribution in [1.82, 2.24) is 0 Å². The van der Waals surface area contributed by atoms with E-state index in [1.807, 2.05) is 0 Å². The molecule has 2 aliphatic heterocycles. The van der Waals surface area contributed by atoms with Crippen molar-refractivity contribution in [2.75, 3.05) is 0 Å². The number of hydrogen-bond donors (Lipinski definition) is 0. The Bertz CT molecular complexity index is 437. The Morgan fingerprint density at radius 1 is 0.941 bits per heavy atom. The topological polar surface area (TPSA) is 0 Å². The van der Waals surface area contributed by atoms with Crippen LogP contribution < -0.4 is 0 Å². The van der Waals surface area contributed by atoms with Crippen molar-refractivity contribution < 1.29 is 17.9 Å². The Morgan fingerprint density at radius 2 is 1.29 bits per heavy atom. The van der Waals surface area contributed by atoms with Crippen LogP contribution in [0.4, 0.5) is 0 Å². The van der Waals surface area contributed by atoms with E-state index in [2.05, 4.69) is 49.5 Å². The minimum absolute atomic E-state index is 0.134. The van der Waals surface area contributed by atoms with Crippen LogP contribution in [-0.4, -0.2) is 40.2 Å². The zero-order valence-electron chi connectivity index (χ0n) is 10.5. The fourth-order valence-electron chi connectivity index (χ4n) is 2.26. The molecule has 0 saturated heterocycles. The molecule has 0 aromatic heterocycles. The maximum atomic E-state index is 7.12. The summed E-state index contributed by atoms with van der Waals surface area (Å²) in [7, 11) is 14.2. The summed E-state index contributed by atoms with van der Waals surface area (Å²) in [5.74, 6) is 0. The molecule has 2 aliphatic rings. The van der Waals surface area contributed by atoms with Gasteiger partial charge in [-0.1, -0.05) is 0 Å². The van der Waals surface area contributed by atoms with E-state index in [-0.39, 0.29) is 34.4 Å². The molecule has 0 amide bonds. The third-order valence-electron chi connectivity index (χ3n) is 4.07. The van der Waals surface area contributed by atoms with Gasteiger partial charge in [-0.15, -0.1) is 0 Å². The van der Waals surface area contributed by atoms with Gasteiger partial charge in [-0.05, 0) is 0 Å². The van der Waals surface area contributed by atoms with Crippen molar-refractivity contribution in [2.45, 2.75) is 31.5 Å². The number of allylic oxidation sites excluding steroid dienone is 4. The quantitative estimate of drug-likeness (QED) is 0.539. The van der Waals surface area contributed by atoms with Crippen LogP contribution in [0.1, 0.15) is 27.7 Å². The predicted molar refractivity (Wildman–Crippen MR) is 79.6 cm³/mol. The van der Waals surface area contributed by atoms with Crippen LogP contribution >= 0.6 is 17.0 Å². The van der Waals surface area contributed by atoms with E-state index in [0.717, 1.165) is 0 Å². The molecule has 2 unspecified atom stereocenters. The third kappa shape index (κ3) is 2.12. The Balaban J connectivity index is 2.51. The van der Waals surface area contributed by atoms with Crippen molar-refractivity contribution >= 4 is 57.3 Å². The van der Waals surface area contributed by atoms with Gasteiger partial charge in [0.1, 0.15) is 0 Å². The van der Waals surface area contributed by atoms with Crippen molar-refractivity contribution in [1.29, 1.82) is 0 Å². The van der Waals surface area contributed by atoms with Crippen LogP contribution in [0.5, 0.6) is 0 Å². The average Bonchev–Trinajstić information content (AvgIpc) is 2.75. The zero-order valence-corrected chi connectivity index (χ0v) is 18.2. The van der Waals surface area contributed by atoms with E-state index in [1.54, 1.807) is 0 Å². The molecule has 0 bridgehead atoms. The van der Waals surface area contributed by atoms with E-state index in [1.165, 1.54) is 11.1 Å². The molecule has 0 aromatic carbocycles. The van der Waals surface area contributed by atoms with Crippen LogP contribution in [-0.2, 0) is 17.9 Å². The summed E-state index contributed by atoms with van der Waals surface area (Å²) in [4.78, 5) is 4.67. The molecule has 0 saturated carbocycles. The summed E-state index contributed by atoms with van der Waals surface area (Å²) in [6, 6.07) is 0. The van der Waals surface area contributed by atoms with Gasteiger partial charge in [-0.3, -0.25) is 0 Å². The zero-order chi connectivity index (χ0) is 12.9. The predicted octanol–water partition coefficient (Wildman–Crippen LogP) is 3.65. The first kappa shape index (κ1) is 15.2. The summed E-state index contributed by atoms with van der Waals surface area (Å²) in [5, 5.41) is 0. The van der Waals surface area contributed by atoms with Crippen LogP contribution in [0.15, 0.2) is 23.3 Å². The second-order valence-corrected chi connectivity index (χ2v) is 31.1. The van der Waals surface area contributed by atoms with Gasteiger partial charge in [0.05, 0.1) is 0 Å². The van der Waals surface area contributed by atoms with E-state index < -0.39 is 17.9 Å². The van der Waals surface area contributed by atoms with Crippen molar-refractivity contribution in [3.8, 4) is 0 Å². The molecule has 5 heteroatoms. The van der Waals surface area contributed by atoms with Gasteiger partial charge in [0, 0.05) is 0 Å². The second kappa shape index (κ2) is 4.97. The van der Waals surface area contributed by atoms with Gasteiger partial charge in [0.2, 0.25) is 0 Å². The molecule has 0 N–H and O–H groups in total. The molecule has 2 heterocycles. The van der Waals surface area contributed by atoms with Crippen LogP contribution in [0, 0.1) is 0 Å². The third-order valence-corrected chi connectivity index (χ3v) is 44.3. The Hall–Kier alpha value is 1.80. The fraction of sp³-hybridized carbons (Fsp3) is 0.500. The normalized spacial score (nSPS) is 38.2. The molecule has 0 aromatic rings. The first-order valence-corrected chi connectivity index (χ1v) is 18.4. The van der Waals surface area contributed by atoms with E-state index >= 15 is 0 Å². The molecular weight excluding hydrogens is 456 g/mol. The maximum absolute atomic E-state index is 7.12. The molecule has 0 spiro atoms. The van der Waals surface area contributed by atoms with Crippen LogP contribution in [0.25, 0.3) is 0 Å². The molecule has 0 aliphatic carbocycles. The first-order valence-electron chi connectivity index (χ1n) is 5.59. The Kier molecular flexibility index (Phi) is 4.44. The second-order valence-electron chi connectivity index (χ2n) is 4.97. The summed E-state index contributed by atoms with van der Waals surface area (Å²) in [6.45, 7) is 9.09. The molecule has 0 fully saturated rings. The molecule has 0 nitrogen and oxygen atoms in total. The van der Waals surface area contributed by atoms with Crippen LogP contribution in [0.2, 0.25) is 3.82 Å². The van der Waals surface area contributed by atoms with Gasteiger partial charge >= 0.3 is 130 Å². The van der Waals surface area contributed by atoms with E-state index in [9.17, 15) is 0 Å². The van der Waals surface area contributed by atoms with Crippen LogP contribution in [0.3, 0.4) is 0 Å². The van der Waals surface area contributed by atoms with Crippen molar-refractivity contribution in [2.24, 2.45) is 0 Å². The molecule has 2 rings (SSSR count). The van der Waals surface area contributed by atoms with Gasteiger partial charge in [-0.25, -0.2) is 0 Å².